The number of hydrogen-bond acceptors (Lipinski definition) is 3. The molecule has 0 radical (unpaired) electrons. The predicted molar refractivity (Wildman–Crippen MR) is 85.4 cm³/mol. The lowest BCUT2D eigenvalue weighted by molar-refractivity contribution is 0.146. The van der Waals surface area contributed by atoms with Crippen LogP contribution in [0.15, 0.2) is 59.6 Å². The molecule has 1 N–H and O–H groups in total. The first kappa shape index (κ1) is 16.9. The monoisotopic (exact) mass is 350 g/mol. The van der Waals surface area contributed by atoms with Crippen LogP contribution in [-0.2, 0) is 13.0 Å². The summed E-state index contributed by atoms with van der Waals surface area (Å²) in [7, 11) is 0. The zero-order valence-corrected chi connectivity index (χ0v) is 13.0. The summed E-state index contributed by atoms with van der Waals surface area (Å²) in [5, 5.41) is 6.84. The van der Waals surface area contributed by atoms with Gasteiger partial charge in [-0.25, -0.2) is 22.6 Å². The van der Waals surface area contributed by atoms with Gasteiger partial charge in [0.25, 0.3) is 0 Å². The van der Waals surface area contributed by atoms with E-state index in [-0.39, 0.29) is 29.5 Å². The van der Waals surface area contributed by atoms with Crippen LogP contribution in [0.5, 0.6) is 0 Å². The standard InChI is InChI=1S/C17H14F4N4/c1-10-14(19)8-22-17(23-10)15-6-12(7-16(20)21)25(24-15)9-11-4-2-3-5-13(11)18/h2-6,8,16H,1,7,9H2,(H,22,23). The predicted octanol–water partition coefficient (Wildman–Crippen LogP) is 3.55. The maximum absolute atomic E-state index is 13.8. The number of rotatable bonds is 5. The summed E-state index contributed by atoms with van der Waals surface area (Å²) in [5.74, 6) is -0.884. The second kappa shape index (κ2) is 6.92. The molecule has 0 amide bonds. The number of benzene rings is 1. The maximum atomic E-state index is 13.8. The summed E-state index contributed by atoms with van der Waals surface area (Å²) < 4.78 is 54.1. The van der Waals surface area contributed by atoms with Gasteiger partial charge in [-0.2, -0.15) is 5.10 Å². The van der Waals surface area contributed by atoms with Crippen molar-refractivity contribution >= 4 is 5.84 Å². The molecule has 0 bridgehead atoms. The molecule has 25 heavy (non-hydrogen) atoms. The fourth-order valence-electron chi connectivity index (χ4n) is 2.38. The van der Waals surface area contributed by atoms with E-state index in [1.165, 1.54) is 16.8 Å². The molecule has 0 saturated carbocycles. The van der Waals surface area contributed by atoms with Gasteiger partial charge >= 0.3 is 0 Å². The highest BCUT2D eigenvalue weighted by Crippen LogP contribution is 2.17. The summed E-state index contributed by atoms with van der Waals surface area (Å²) in [6.45, 7) is 3.48. The van der Waals surface area contributed by atoms with E-state index in [1.807, 2.05) is 0 Å². The van der Waals surface area contributed by atoms with E-state index in [2.05, 4.69) is 22.0 Å². The number of nitrogens with one attached hydrogen (secondary N) is 1. The average molecular weight is 350 g/mol. The van der Waals surface area contributed by atoms with E-state index in [4.69, 9.17) is 0 Å². The number of hydrogen-bond donors (Lipinski definition) is 1. The molecule has 0 unspecified atom stereocenters. The van der Waals surface area contributed by atoms with Gasteiger partial charge < -0.3 is 5.32 Å². The molecular weight excluding hydrogens is 336 g/mol. The highest BCUT2D eigenvalue weighted by molar-refractivity contribution is 5.99. The van der Waals surface area contributed by atoms with Gasteiger partial charge in [0.05, 0.1) is 24.9 Å². The van der Waals surface area contributed by atoms with E-state index in [9.17, 15) is 17.6 Å². The van der Waals surface area contributed by atoms with Crippen molar-refractivity contribution in [1.82, 2.24) is 15.1 Å². The first-order chi connectivity index (χ1) is 11.9. The number of amidine groups is 1. The first-order valence-corrected chi connectivity index (χ1v) is 7.42. The Bertz CT molecular complexity index is 867. The summed E-state index contributed by atoms with van der Waals surface area (Å²) in [6, 6.07) is 7.46. The lowest BCUT2D eigenvalue weighted by Gasteiger charge is -2.12. The van der Waals surface area contributed by atoms with Crippen LogP contribution < -0.4 is 5.32 Å². The van der Waals surface area contributed by atoms with Crippen LogP contribution in [0.25, 0.3) is 0 Å². The summed E-state index contributed by atoms with van der Waals surface area (Å²) >= 11 is 0. The van der Waals surface area contributed by atoms with Crippen molar-refractivity contribution in [3.05, 3.63) is 77.4 Å². The van der Waals surface area contributed by atoms with Crippen LogP contribution in [0.2, 0.25) is 0 Å². The Labute approximate surface area is 141 Å². The van der Waals surface area contributed by atoms with Crippen LogP contribution >= 0.6 is 0 Å². The Morgan fingerprint density at radius 3 is 2.64 bits per heavy atom. The molecule has 0 saturated heterocycles. The lowest BCUT2D eigenvalue weighted by atomic mass is 10.2. The van der Waals surface area contributed by atoms with Crippen molar-refractivity contribution in [3.63, 3.8) is 0 Å². The van der Waals surface area contributed by atoms with E-state index < -0.39 is 24.5 Å². The summed E-state index contributed by atoms with van der Waals surface area (Å²) in [6.07, 6.45) is -2.16. The van der Waals surface area contributed by atoms with Crippen molar-refractivity contribution < 1.29 is 17.6 Å². The largest absolute Gasteiger partial charge is 0.336 e. The van der Waals surface area contributed by atoms with Crippen LogP contribution in [-0.4, -0.2) is 22.0 Å². The van der Waals surface area contributed by atoms with E-state index in [1.54, 1.807) is 18.2 Å². The smallest absolute Gasteiger partial charge is 0.244 e. The number of halogens is 4. The fourth-order valence-corrected chi connectivity index (χ4v) is 2.38. The number of nitrogens with zero attached hydrogens (tertiary/aromatic N) is 3. The van der Waals surface area contributed by atoms with Gasteiger partial charge in [-0.05, 0) is 12.1 Å². The molecule has 1 aliphatic rings. The van der Waals surface area contributed by atoms with Crippen molar-refractivity contribution in [2.45, 2.75) is 19.4 Å². The van der Waals surface area contributed by atoms with Gasteiger partial charge in [-0.1, -0.05) is 24.8 Å². The molecule has 1 aromatic carbocycles. The van der Waals surface area contributed by atoms with Gasteiger partial charge in [0.15, 0.2) is 11.7 Å². The number of aliphatic imine (C=N–C) groups is 1. The van der Waals surface area contributed by atoms with Gasteiger partial charge in [-0.3, -0.25) is 4.68 Å². The van der Waals surface area contributed by atoms with Crippen LogP contribution in [0.4, 0.5) is 17.6 Å². The van der Waals surface area contributed by atoms with Crippen molar-refractivity contribution in [1.29, 1.82) is 0 Å². The Morgan fingerprint density at radius 2 is 1.96 bits per heavy atom. The van der Waals surface area contributed by atoms with Gasteiger partial charge in [0.1, 0.15) is 11.5 Å². The van der Waals surface area contributed by atoms with Crippen LogP contribution in [0, 0.1) is 5.82 Å². The maximum Gasteiger partial charge on any atom is 0.244 e. The molecule has 8 heteroatoms. The minimum absolute atomic E-state index is 0.00376. The molecule has 4 nitrogen and oxygen atoms in total. The molecule has 1 aliphatic heterocycles. The average Bonchev–Trinajstić information content (AvgIpc) is 2.94. The molecule has 130 valence electrons. The summed E-state index contributed by atoms with van der Waals surface area (Å²) in [5.41, 5.74) is 0.793. The molecule has 2 heterocycles. The molecule has 0 atom stereocenters. The third-order valence-corrected chi connectivity index (χ3v) is 3.61. The molecule has 0 aliphatic carbocycles. The summed E-state index contributed by atoms with van der Waals surface area (Å²) in [4.78, 5) is 3.86. The second-order valence-corrected chi connectivity index (χ2v) is 5.42. The Kier molecular flexibility index (Phi) is 4.69. The van der Waals surface area contributed by atoms with E-state index in [0.717, 1.165) is 6.20 Å². The third kappa shape index (κ3) is 3.78. The SMILES string of the molecule is C=C1NC(c2cc(CC(F)F)n(Cc3ccccc3F)n2)=NC=C1F. The van der Waals surface area contributed by atoms with Crippen molar-refractivity contribution in [2.24, 2.45) is 4.99 Å². The van der Waals surface area contributed by atoms with Crippen LogP contribution in [0.3, 0.4) is 0 Å². The highest BCUT2D eigenvalue weighted by atomic mass is 19.3. The Hall–Kier alpha value is -2.90. The highest BCUT2D eigenvalue weighted by Gasteiger charge is 2.19. The minimum Gasteiger partial charge on any atom is -0.336 e. The topological polar surface area (TPSA) is 42.2 Å². The molecule has 3 rings (SSSR count). The minimum atomic E-state index is -2.59. The van der Waals surface area contributed by atoms with Gasteiger partial charge in [0, 0.05) is 11.3 Å². The molecule has 1 aromatic heterocycles. The lowest BCUT2D eigenvalue weighted by Crippen LogP contribution is -2.26. The van der Waals surface area contributed by atoms with E-state index >= 15 is 0 Å². The quantitative estimate of drug-likeness (QED) is 0.838. The van der Waals surface area contributed by atoms with Crippen molar-refractivity contribution in [3.8, 4) is 0 Å². The third-order valence-electron chi connectivity index (χ3n) is 3.61. The number of aromatic nitrogens is 2. The first-order valence-electron chi connectivity index (χ1n) is 7.42. The molecule has 0 spiro atoms. The zero-order chi connectivity index (χ0) is 18.0. The second-order valence-electron chi connectivity index (χ2n) is 5.42. The molecule has 2 aromatic rings. The van der Waals surface area contributed by atoms with Crippen LogP contribution in [0.1, 0.15) is 17.0 Å². The molecular formula is C17H14F4N4. The number of allylic oxidation sites excluding steroid dienone is 1. The van der Waals surface area contributed by atoms with Gasteiger partial charge in [-0.15, -0.1) is 0 Å². The number of alkyl halides is 2. The van der Waals surface area contributed by atoms with Crippen molar-refractivity contribution in [2.75, 3.05) is 0 Å². The normalized spacial score (nSPS) is 14.4. The fraction of sp³-hybridized carbons (Fsp3) is 0.176. The molecule has 0 fully saturated rings. The van der Waals surface area contributed by atoms with E-state index in [0.29, 0.717) is 5.56 Å². The van der Waals surface area contributed by atoms with Gasteiger partial charge in [0.2, 0.25) is 6.43 Å². The zero-order valence-electron chi connectivity index (χ0n) is 13.0. The Balaban J connectivity index is 1.96. The Morgan fingerprint density at radius 1 is 1.20 bits per heavy atom.